The van der Waals surface area contributed by atoms with Gasteiger partial charge in [0.05, 0.1) is 6.10 Å². The first-order valence-corrected chi connectivity index (χ1v) is 8.67. The van der Waals surface area contributed by atoms with Crippen LogP contribution in [0.25, 0.3) is 0 Å². The van der Waals surface area contributed by atoms with Gasteiger partial charge in [-0.25, -0.2) is 4.79 Å². The van der Waals surface area contributed by atoms with Crippen molar-refractivity contribution in [2.75, 3.05) is 13.1 Å². The van der Waals surface area contributed by atoms with E-state index in [0.717, 1.165) is 45.2 Å². The number of hydrogen-bond donors (Lipinski definition) is 3. The van der Waals surface area contributed by atoms with Crippen molar-refractivity contribution in [2.24, 2.45) is 11.8 Å². The molecule has 22 heavy (non-hydrogen) atoms. The van der Waals surface area contributed by atoms with Gasteiger partial charge in [-0.3, -0.25) is 0 Å². The number of carbonyl (C=O) groups is 1. The van der Waals surface area contributed by atoms with Crippen LogP contribution in [0.5, 0.6) is 0 Å². The number of alkyl carbamates (subject to hydrolysis) is 1. The van der Waals surface area contributed by atoms with Gasteiger partial charge < -0.3 is 20.5 Å². The summed E-state index contributed by atoms with van der Waals surface area (Å²) in [5.41, 5.74) is -0.655. The fraction of sp³-hybridized carbons (Fsp3) is 0.941. The van der Waals surface area contributed by atoms with Crippen LogP contribution < -0.4 is 10.6 Å². The van der Waals surface area contributed by atoms with E-state index < -0.39 is 5.60 Å². The van der Waals surface area contributed by atoms with Crippen LogP contribution in [0.4, 0.5) is 4.79 Å². The molecule has 0 aromatic rings. The number of rotatable bonds is 6. The third-order valence-corrected chi connectivity index (χ3v) is 4.86. The number of aliphatic hydroxyl groups is 1. The van der Waals surface area contributed by atoms with Gasteiger partial charge in [-0.1, -0.05) is 19.8 Å². The van der Waals surface area contributed by atoms with E-state index in [0.29, 0.717) is 5.92 Å². The summed E-state index contributed by atoms with van der Waals surface area (Å²) in [4.78, 5) is 12.1. The molecule has 1 unspecified atom stereocenters. The third kappa shape index (κ3) is 4.35. The van der Waals surface area contributed by atoms with Crippen molar-refractivity contribution in [1.82, 2.24) is 10.6 Å². The highest BCUT2D eigenvalue weighted by Crippen LogP contribution is 2.48. The molecular formula is C17H32N2O3. The summed E-state index contributed by atoms with van der Waals surface area (Å²) < 4.78 is 5.40. The minimum atomic E-state index is -0.478. The molecule has 0 spiro atoms. The molecule has 2 rings (SSSR count). The molecule has 128 valence electrons. The molecule has 3 atom stereocenters. The summed E-state index contributed by atoms with van der Waals surface area (Å²) in [6.07, 6.45) is 4.35. The van der Waals surface area contributed by atoms with E-state index in [-0.39, 0.29) is 23.7 Å². The Bertz CT molecular complexity index is 388. The van der Waals surface area contributed by atoms with Crippen LogP contribution in [0.2, 0.25) is 0 Å². The van der Waals surface area contributed by atoms with Gasteiger partial charge in [-0.2, -0.15) is 0 Å². The van der Waals surface area contributed by atoms with Crippen molar-refractivity contribution in [3.63, 3.8) is 0 Å². The summed E-state index contributed by atoms with van der Waals surface area (Å²) in [6.45, 7) is 9.47. The van der Waals surface area contributed by atoms with Gasteiger partial charge in [-0.05, 0) is 40.0 Å². The van der Waals surface area contributed by atoms with Crippen molar-refractivity contribution < 1.29 is 14.6 Å². The molecule has 0 radical (unpaired) electrons. The van der Waals surface area contributed by atoms with Gasteiger partial charge >= 0.3 is 6.09 Å². The van der Waals surface area contributed by atoms with Gasteiger partial charge in [0.2, 0.25) is 0 Å². The second-order valence-corrected chi connectivity index (χ2v) is 7.92. The molecule has 0 bridgehead atoms. The lowest BCUT2D eigenvalue weighted by atomic mass is 9.82. The molecule has 1 amide bonds. The Hall–Kier alpha value is -0.810. The van der Waals surface area contributed by atoms with Gasteiger partial charge in [-0.15, -0.1) is 0 Å². The Balaban J connectivity index is 1.95. The summed E-state index contributed by atoms with van der Waals surface area (Å²) in [5, 5.41) is 17.0. The average Bonchev–Trinajstić information content (AvgIpc) is 3.00. The number of ether oxygens (including phenoxy) is 1. The van der Waals surface area contributed by atoms with Gasteiger partial charge in [0.25, 0.3) is 0 Å². The van der Waals surface area contributed by atoms with Crippen LogP contribution in [0.15, 0.2) is 0 Å². The van der Waals surface area contributed by atoms with Gasteiger partial charge in [0.1, 0.15) is 5.60 Å². The molecule has 5 heteroatoms. The first-order chi connectivity index (χ1) is 10.3. The SMILES string of the molecule is CCCCC(O)[C@H]1CNC[C@H]1C1(NC(=O)OC(C)(C)C)CC1. The summed E-state index contributed by atoms with van der Waals surface area (Å²) in [5.74, 6) is 0.524. The maximum atomic E-state index is 12.1. The minimum absolute atomic E-state index is 0.177. The van der Waals surface area contributed by atoms with E-state index in [1.54, 1.807) is 0 Å². The zero-order valence-corrected chi connectivity index (χ0v) is 14.4. The van der Waals surface area contributed by atoms with E-state index >= 15 is 0 Å². The molecule has 3 N–H and O–H groups in total. The molecule has 1 heterocycles. The number of aliphatic hydroxyl groups excluding tert-OH is 1. The first kappa shape index (κ1) is 17.5. The largest absolute Gasteiger partial charge is 0.444 e. The third-order valence-electron chi connectivity index (χ3n) is 4.86. The standard InChI is InChI=1S/C17H32N2O3/c1-5-6-7-14(20)12-10-18-11-13(12)17(8-9-17)19-15(21)22-16(2,3)4/h12-14,18,20H,5-11H2,1-4H3,(H,19,21)/t12-,13+,14?/m0/s1. The van der Waals surface area contributed by atoms with E-state index in [1.165, 1.54) is 0 Å². The lowest BCUT2D eigenvalue weighted by molar-refractivity contribution is 0.0394. The highest BCUT2D eigenvalue weighted by atomic mass is 16.6. The van der Waals surface area contributed by atoms with Crippen molar-refractivity contribution in [3.05, 3.63) is 0 Å². The van der Waals surface area contributed by atoms with Gasteiger partial charge in [0.15, 0.2) is 0 Å². The van der Waals surface area contributed by atoms with Crippen LogP contribution in [0.1, 0.15) is 59.8 Å². The second-order valence-electron chi connectivity index (χ2n) is 7.92. The Morgan fingerprint density at radius 3 is 2.64 bits per heavy atom. The van der Waals surface area contributed by atoms with Gasteiger partial charge in [0, 0.05) is 30.5 Å². The molecule has 1 aliphatic carbocycles. The van der Waals surface area contributed by atoms with E-state index in [1.807, 2.05) is 20.8 Å². The van der Waals surface area contributed by atoms with Crippen LogP contribution in [0.3, 0.4) is 0 Å². The maximum Gasteiger partial charge on any atom is 0.408 e. The Morgan fingerprint density at radius 2 is 2.09 bits per heavy atom. The Labute approximate surface area is 134 Å². The lowest BCUT2D eigenvalue weighted by Crippen LogP contribution is -2.48. The van der Waals surface area contributed by atoms with Crippen molar-refractivity contribution >= 4 is 6.09 Å². The number of nitrogens with one attached hydrogen (secondary N) is 2. The van der Waals surface area contributed by atoms with Crippen LogP contribution >= 0.6 is 0 Å². The zero-order valence-electron chi connectivity index (χ0n) is 14.4. The molecule has 0 aromatic heterocycles. The van der Waals surface area contributed by atoms with Crippen molar-refractivity contribution in [2.45, 2.75) is 77.0 Å². The summed E-state index contributed by atoms with van der Waals surface area (Å²) in [7, 11) is 0. The van der Waals surface area contributed by atoms with E-state index in [2.05, 4.69) is 17.6 Å². The van der Waals surface area contributed by atoms with E-state index in [9.17, 15) is 9.90 Å². The fourth-order valence-electron chi connectivity index (χ4n) is 3.57. The minimum Gasteiger partial charge on any atom is -0.444 e. The molecule has 1 saturated carbocycles. The van der Waals surface area contributed by atoms with Crippen molar-refractivity contribution in [1.29, 1.82) is 0 Å². The molecule has 5 nitrogen and oxygen atoms in total. The molecule has 2 aliphatic rings. The Morgan fingerprint density at radius 1 is 1.41 bits per heavy atom. The molecule has 1 aliphatic heterocycles. The number of amides is 1. The topological polar surface area (TPSA) is 70.6 Å². The highest BCUT2D eigenvalue weighted by molar-refractivity contribution is 5.69. The fourth-order valence-corrected chi connectivity index (χ4v) is 3.57. The molecule has 2 fully saturated rings. The Kier molecular flexibility index (Phi) is 5.38. The predicted molar refractivity (Wildman–Crippen MR) is 86.7 cm³/mol. The van der Waals surface area contributed by atoms with Crippen molar-refractivity contribution in [3.8, 4) is 0 Å². The maximum absolute atomic E-state index is 12.1. The predicted octanol–water partition coefficient (Wildman–Crippen LogP) is 2.43. The normalized spacial score (nSPS) is 28.2. The van der Waals surface area contributed by atoms with Crippen LogP contribution in [-0.2, 0) is 4.74 Å². The summed E-state index contributed by atoms with van der Waals surface area (Å²) in [6, 6.07) is 0. The highest BCUT2D eigenvalue weighted by Gasteiger charge is 2.55. The first-order valence-electron chi connectivity index (χ1n) is 8.67. The lowest BCUT2D eigenvalue weighted by Gasteiger charge is -2.32. The van der Waals surface area contributed by atoms with Crippen LogP contribution in [-0.4, -0.2) is 41.5 Å². The quantitative estimate of drug-likeness (QED) is 0.704. The molecule has 1 saturated heterocycles. The molecule has 0 aromatic carbocycles. The number of hydrogen-bond acceptors (Lipinski definition) is 4. The van der Waals surface area contributed by atoms with E-state index in [4.69, 9.17) is 4.74 Å². The monoisotopic (exact) mass is 312 g/mol. The number of carbonyl (C=O) groups excluding carboxylic acids is 1. The average molecular weight is 312 g/mol. The second kappa shape index (κ2) is 6.75. The smallest absolute Gasteiger partial charge is 0.408 e. The van der Waals surface area contributed by atoms with Crippen LogP contribution in [0, 0.1) is 11.8 Å². The molecular weight excluding hydrogens is 280 g/mol. The summed E-state index contributed by atoms with van der Waals surface area (Å²) >= 11 is 0. The number of unbranched alkanes of at least 4 members (excludes halogenated alkanes) is 1. The zero-order chi connectivity index (χ0) is 16.4.